The molecular formula is C7H14N2. The molecular weight excluding hydrogens is 112 g/mol. The van der Waals surface area contributed by atoms with Crippen LogP contribution in [0.25, 0.3) is 0 Å². The standard InChI is InChI=1S/C7H14N2/c1-3-6-9(4-2)7-5-8/h3-4,6-7H2,1-2H3. The van der Waals surface area contributed by atoms with Gasteiger partial charge in [-0.1, -0.05) is 13.8 Å². The van der Waals surface area contributed by atoms with Crippen LogP contribution in [0.3, 0.4) is 0 Å². The van der Waals surface area contributed by atoms with Gasteiger partial charge in [0, 0.05) is 0 Å². The van der Waals surface area contributed by atoms with Crippen molar-refractivity contribution in [1.29, 1.82) is 5.26 Å². The summed E-state index contributed by atoms with van der Waals surface area (Å²) >= 11 is 0. The van der Waals surface area contributed by atoms with E-state index in [1.807, 2.05) is 0 Å². The number of nitriles is 1. The Morgan fingerprint density at radius 1 is 1.44 bits per heavy atom. The predicted octanol–water partition coefficient (Wildman–Crippen LogP) is 1.24. The van der Waals surface area contributed by atoms with Gasteiger partial charge in [0.15, 0.2) is 0 Å². The first-order valence-electron chi connectivity index (χ1n) is 3.44. The van der Waals surface area contributed by atoms with Crippen LogP contribution in [0.4, 0.5) is 0 Å². The van der Waals surface area contributed by atoms with Crippen LogP contribution in [0.15, 0.2) is 0 Å². The lowest BCUT2D eigenvalue weighted by atomic mass is 10.4. The van der Waals surface area contributed by atoms with E-state index in [0.717, 1.165) is 19.5 Å². The first kappa shape index (κ1) is 8.45. The highest BCUT2D eigenvalue weighted by molar-refractivity contribution is 4.74. The monoisotopic (exact) mass is 126 g/mol. The molecule has 0 aliphatic rings. The molecule has 0 aromatic rings. The Morgan fingerprint density at radius 2 is 2.11 bits per heavy atom. The molecule has 0 spiro atoms. The summed E-state index contributed by atoms with van der Waals surface area (Å²) in [6.45, 7) is 6.81. The van der Waals surface area contributed by atoms with Gasteiger partial charge in [-0.25, -0.2) is 0 Å². The number of hydrogen-bond acceptors (Lipinski definition) is 2. The predicted molar refractivity (Wildman–Crippen MR) is 38.0 cm³/mol. The lowest BCUT2D eigenvalue weighted by Crippen LogP contribution is -2.24. The molecule has 0 atom stereocenters. The normalized spacial score (nSPS) is 9.56. The molecule has 0 radical (unpaired) electrons. The van der Waals surface area contributed by atoms with Crippen molar-refractivity contribution < 1.29 is 0 Å². The minimum Gasteiger partial charge on any atom is -0.291 e. The highest BCUT2D eigenvalue weighted by atomic mass is 15.1. The molecule has 0 fully saturated rings. The average Bonchev–Trinajstić information content (AvgIpc) is 1.88. The lowest BCUT2D eigenvalue weighted by Gasteiger charge is -2.13. The summed E-state index contributed by atoms with van der Waals surface area (Å²) < 4.78 is 0. The molecule has 0 heterocycles. The van der Waals surface area contributed by atoms with E-state index in [-0.39, 0.29) is 0 Å². The minimum absolute atomic E-state index is 0.574. The summed E-state index contributed by atoms with van der Waals surface area (Å²) in [6.07, 6.45) is 1.13. The van der Waals surface area contributed by atoms with E-state index in [1.54, 1.807) is 0 Å². The Hall–Kier alpha value is -0.550. The molecule has 2 heteroatoms. The van der Waals surface area contributed by atoms with Gasteiger partial charge in [-0.3, -0.25) is 4.90 Å². The van der Waals surface area contributed by atoms with Crippen LogP contribution >= 0.6 is 0 Å². The fraction of sp³-hybridized carbons (Fsp3) is 0.857. The van der Waals surface area contributed by atoms with Gasteiger partial charge in [-0.05, 0) is 19.5 Å². The van der Waals surface area contributed by atoms with Crippen molar-refractivity contribution in [3.05, 3.63) is 0 Å². The van der Waals surface area contributed by atoms with E-state index in [1.165, 1.54) is 0 Å². The zero-order valence-electron chi connectivity index (χ0n) is 6.22. The summed E-state index contributed by atoms with van der Waals surface area (Å²) in [5.74, 6) is 0. The van der Waals surface area contributed by atoms with Gasteiger partial charge in [0.25, 0.3) is 0 Å². The first-order valence-corrected chi connectivity index (χ1v) is 3.44. The third-order valence-electron chi connectivity index (χ3n) is 1.28. The van der Waals surface area contributed by atoms with Crippen LogP contribution in [0.1, 0.15) is 20.3 Å². The molecule has 0 aliphatic carbocycles. The van der Waals surface area contributed by atoms with Crippen molar-refractivity contribution in [1.82, 2.24) is 4.90 Å². The second-order valence-corrected chi connectivity index (χ2v) is 2.03. The van der Waals surface area contributed by atoms with E-state index in [2.05, 4.69) is 24.8 Å². The maximum absolute atomic E-state index is 8.30. The van der Waals surface area contributed by atoms with Gasteiger partial charge < -0.3 is 0 Å². The van der Waals surface area contributed by atoms with E-state index >= 15 is 0 Å². The Labute approximate surface area is 57.1 Å². The fourth-order valence-electron chi connectivity index (χ4n) is 0.765. The van der Waals surface area contributed by atoms with Crippen molar-refractivity contribution in [2.45, 2.75) is 20.3 Å². The van der Waals surface area contributed by atoms with Crippen LogP contribution in [-0.4, -0.2) is 24.5 Å². The molecule has 0 aromatic heterocycles. The Bertz CT molecular complexity index is 93.6. The third kappa shape index (κ3) is 3.99. The maximum Gasteiger partial charge on any atom is 0.0865 e. The summed E-state index contributed by atoms with van der Waals surface area (Å²) in [7, 11) is 0. The van der Waals surface area contributed by atoms with Gasteiger partial charge in [0.1, 0.15) is 0 Å². The average molecular weight is 126 g/mol. The zero-order chi connectivity index (χ0) is 7.11. The second-order valence-electron chi connectivity index (χ2n) is 2.03. The van der Waals surface area contributed by atoms with Crippen molar-refractivity contribution in [2.75, 3.05) is 19.6 Å². The maximum atomic E-state index is 8.30. The summed E-state index contributed by atoms with van der Waals surface area (Å²) in [6, 6.07) is 2.13. The van der Waals surface area contributed by atoms with Gasteiger partial charge in [0.2, 0.25) is 0 Å². The van der Waals surface area contributed by atoms with Crippen molar-refractivity contribution in [2.24, 2.45) is 0 Å². The molecule has 0 saturated carbocycles. The van der Waals surface area contributed by atoms with E-state index in [0.29, 0.717) is 6.54 Å². The van der Waals surface area contributed by atoms with Gasteiger partial charge in [-0.15, -0.1) is 0 Å². The largest absolute Gasteiger partial charge is 0.291 e. The fourth-order valence-corrected chi connectivity index (χ4v) is 0.765. The summed E-state index contributed by atoms with van der Waals surface area (Å²) in [4.78, 5) is 2.12. The Morgan fingerprint density at radius 3 is 2.44 bits per heavy atom. The molecule has 9 heavy (non-hydrogen) atoms. The molecule has 0 aliphatic heterocycles. The SMILES string of the molecule is CCCN(CC)CC#N. The smallest absolute Gasteiger partial charge is 0.0865 e. The van der Waals surface area contributed by atoms with Gasteiger partial charge in [-0.2, -0.15) is 5.26 Å². The molecule has 0 bridgehead atoms. The van der Waals surface area contributed by atoms with Gasteiger partial charge in [0.05, 0.1) is 12.6 Å². The van der Waals surface area contributed by atoms with Crippen molar-refractivity contribution in [3.63, 3.8) is 0 Å². The molecule has 2 nitrogen and oxygen atoms in total. The topological polar surface area (TPSA) is 27.0 Å². The zero-order valence-corrected chi connectivity index (χ0v) is 6.22. The van der Waals surface area contributed by atoms with Crippen LogP contribution in [-0.2, 0) is 0 Å². The Balaban J connectivity index is 3.32. The quantitative estimate of drug-likeness (QED) is 0.530. The van der Waals surface area contributed by atoms with E-state index in [4.69, 9.17) is 5.26 Å². The minimum atomic E-state index is 0.574. The van der Waals surface area contributed by atoms with Crippen molar-refractivity contribution in [3.8, 4) is 6.07 Å². The number of rotatable bonds is 4. The van der Waals surface area contributed by atoms with Crippen LogP contribution in [0.2, 0.25) is 0 Å². The van der Waals surface area contributed by atoms with Crippen LogP contribution in [0.5, 0.6) is 0 Å². The molecule has 52 valence electrons. The number of nitrogens with zero attached hydrogens (tertiary/aromatic N) is 2. The van der Waals surface area contributed by atoms with E-state index in [9.17, 15) is 0 Å². The van der Waals surface area contributed by atoms with Crippen LogP contribution < -0.4 is 0 Å². The molecule has 0 amide bonds. The second kappa shape index (κ2) is 5.58. The van der Waals surface area contributed by atoms with Crippen LogP contribution in [0, 0.1) is 11.3 Å². The Kier molecular flexibility index (Phi) is 5.24. The molecule has 0 saturated heterocycles. The summed E-state index contributed by atoms with van der Waals surface area (Å²) in [5.41, 5.74) is 0. The molecule has 0 rings (SSSR count). The summed E-state index contributed by atoms with van der Waals surface area (Å²) in [5, 5.41) is 8.30. The molecule has 0 unspecified atom stereocenters. The van der Waals surface area contributed by atoms with E-state index < -0.39 is 0 Å². The van der Waals surface area contributed by atoms with Gasteiger partial charge >= 0.3 is 0 Å². The first-order chi connectivity index (χ1) is 4.35. The number of hydrogen-bond donors (Lipinski definition) is 0. The lowest BCUT2D eigenvalue weighted by molar-refractivity contribution is 0.323. The third-order valence-corrected chi connectivity index (χ3v) is 1.28. The highest BCUT2D eigenvalue weighted by Gasteiger charge is 1.96. The molecule has 0 N–H and O–H groups in total. The highest BCUT2D eigenvalue weighted by Crippen LogP contribution is 1.87. The van der Waals surface area contributed by atoms with Crippen molar-refractivity contribution >= 4 is 0 Å². The molecule has 0 aromatic carbocycles.